The van der Waals surface area contributed by atoms with Crippen molar-refractivity contribution in [3.8, 4) is 0 Å². The van der Waals surface area contributed by atoms with E-state index in [-0.39, 0.29) is 17.3 Å². The molecule has 0 bridgehead atoms. The summed E-state index contributed by atoms with van der Waals surface area (Å²) in [5.74, 6) is -1.70. The van der Waals surface area contributed by atoms with Gasteiger partial charge in [0.05, 0.1) is 11.4 Å². The molecule has 2 aromatic rings. The predicted octanol–water partition coefficient (Wildman–Crippen LogP) is 3.46. The van der Waals surface area contributed by atoms with Gasteiger partial charge in [-0.3, -0.25) is 4.79 Å². The van der Waals surface area contributed by atoms with Crippen molar-refractivity contribution in [2.45, 2.75) is 11.3 Å². The summed E-state index contributed by atoms with van der Waals surface area (Å²) in [5.41, 5.74) is 0.875. The molecular formula is C12H10F2N2OS2. The second kappa shape index (κ2) is 6.12. The number of carbonyl (C=O) groups is 1. The summed E-state index contributed by atoms with van der Waals surface area (Å²) in [6.07, 6.45) is 0. The zero-order valence-electron chi connectivity index (χ0n) is 9.94. The maximum absolute atomic E-state index is 13.3. The average molecular weight is 300 g/mol. The summed E-state index contributed by atoms with van der Waals surface area (Å²) < 4.78 is 26.8. The molecule has 0 aliphatic carbocycles. The molecule has 19 heavy (non-hydrogen) atoms. The first-order valence-electron chi connectivity index (χ1n) is 5.34. The number of thioether (sulfide) groups is 1. The van der Waals surface area contributed by atoms with Crippen LogP contribution in [-0.2, 0) is 4.79 Å². The number of nitrogens with zero attached hydrogens (tertiary/aromatic N) is 1. The quantitative estimate of drug-likeness (QED) is 0.879. The molecule has 0 spiro atoms. The van der Waals surface area contributed by atoms with Crippen LogP contribution in [0.25, 0.3) is 0 Å². The molecule has 1 N–H and O–H groups in total. The summed E-state index contributed by atoms with van der Waals surface area (Å²) in [6.45, 7) is 1.87. The van der Waals surface area contributed by atoms with E-state index >= 15 is 0 Å². The first kappa shape index (κ1) is 14.0. The summed E-state index contributed by atoms with van der Waals surface area (Å²) in [7, 11) is 0. The highest BCUT2D eigenvalue weighted by Gasteiger charge is 2.09. The van der Waals surface area contributed by atoms with Gasteiger partial charge < -0.3 is 5.32 Å². The summed E-state index contributed by atoms with van der Waals surface area (Å²) in [5, 5.41) is 4.28. The Bertz CT molecular complexity index is 601. The lowest BCUT2D eigenvalue weighted by Crippen LogP contribution is -2.15. The van der Waals surface area contributed by atoms with E-state index in [1.165, 1.54) is 29.2 Å². The molecule has 1 amide bonds. The van der Waals surface area contributed by atoms with Crippen LogP contribution in [-0.4, -0.2) is 16.6 Å². The van der Waals surface area contributed by atoms with E-state index in [4.69, 9.17) is 0 Å². The first-order valence-corrected chi connectivity index (χ1v) is 7.21. The fourth-order valence-corrected chi connectivity index (χ4v) is 2.95. The lowest BCUT2D eigenvalue weighted by Gasteiger charge is -2.05. The molecule has 0 aliphatic heterocycles. The number of carbonyl (C=O) groups excluding carboxylic acids is 1. The van der Waals surface area contributed by atoms with Crippen molar-refractivity contribution in [3.63, 3.8) is 0 Å². The summed E-state index contributed by atoms with van der Waals surface area (Å²) in [6, 6.07) is 3.02. The summed E-state index contributed by atoms with van der Waals surface area (Å²) >= 11 is 2.73. The van der Waals surface area contributed by atoms with Crippen molar-refractivity contribution in [3.05, 3.63) is 40.9 Å². The van der Waals surface area contributed by atoms with Gasteiger partial charge in [0.25, 0.3) is 0 Å². The van der Waals surface area contributed by atoms with Gasteiger partial charge in [-0.15, -0.1) is 11.3 Å². The molecule has 0 saturated carbocycles. The molecule has 7 heteroatoms. The number of aromatic nitrogens is 1. The normalized spacial score (nSPS) is 10.5. The number of rotatable bonds is 4. The van der Waals surface area contributed by atoms with Gasteiger partial charge in [-0.1, -0.05) is 11.8 Å². The first-order chi connectivity index (χ1) is 9.04. The van der Waals surface area contributed by atoms with Gasteiger partial charge in [0, 0.05) is 17.1 Å². The minimum atomic E-state index is -0.788. The molecule has 0 atom stereocenters. The molecule has 0 aliphatic rings. The molecule has 0 fully saturated rings. The zero-order valence-corrected chi connectivity index (χ0v) is 11.6. The van der Waals surface area contributed by atoms with Crippen LogP contribution in [0, 0.1) is 18.6 Å². The van der Waals surface area contributed by atoms with Gasteiger partial charge in [0.15, 0.2) is 4.34 Å². The Kier molecular flexibility index (Phi) is 4.49. The van der Waals surface area contributed by atoms with Crippen molar-refractivity contribution in [1.29, 1.82) is 0 Å². The van der Waals surface area contributed by atoms with E-state index in [1.807, 2.05) is 12.3 Å². The number of hydrogen-bond donors (Lipinski definition) is 1. The highest BCUT2D eigenvalue weighted by molar-refractivity contribution is 8.01. The number of benzene rings is 1. The number of halogens is 2. The molecule has 1 aromatic heterocycles. The van der Waals surface area contributed by atoms with Crippen LogP contribution >= 0.6 is 23.1 Å². The number of anilines is 1. The van der Waals surface area contributed by atoms with Crippen molar-refractivity contribution in [1.82, 2.24) is 4.98 Å². The van der Waals surface area contributed by atoms with E-state index in [9.17, 15) is 13.6 Å². The predicted molar refractivity (Wildman–Crippen MR) is 72.6 cm³/mol. The van der Waals surface area contributed by atoms with Gasteiger partial charge >= 0.3 is 0 Å². The molecular weight excluding hydrogens is 290 g/mol. The summed E-state index contributed by atoms with van der Waals surface area (Å²) in [4.78, 5) is 15.8. The number of nitrogens with one attached hydrogen (secondary N) is 1. The SMILES string of the molecule is Cc1csc(SCC(=O)Nc2ccc(F)cc2F)n1. The van der Waals surface area contributed by atoms with Crippen LogP contribution in [0.4, 0.5) is 14.5 Å². The van der Waals surface area contributed by atoms with Crippen molar-refractivity contribution >= 4 is 34.7 Å². The van der Waals surface area contributed by atoms with E-state index in [1.54, 1.807) is 0 Å². The molecule has 0 unspecified atom stereocenters. The minimum absolute atomic E-state index is 0.0256. The van der Waals surface area contributed by atoms with E-state index in [0.717, 1.165) is 22.2 Å². The van der Waals surface area contributed by atoms with Gasteiger partial charge in [-0.05, 0) is 19.1 Å². The lowest BCUT2D eigenvalue weighted by atomic mass is 10.3. The van der Waals surface area contributed by atoms with Crippen LogP contribution in [0.1, 0.15) is 5.69 Å². The van der Waals surface area contributed by atoms with Crippen LogP contribution in [0.15, 0.2) is 27.9 Å². The Morgan fingerprint density at radius 2 is 2.26 bits per heavy atom. The maximum Gasteiger partial charge on any atom is 0.234 e. The third-order valence-electron chi connectivity index (χ3n) is 2.13. The fraction of sp³-hybridized carbons (Fsp3) is 0.167. The number of amides is 1. The van der Waals surface area contributed by atoms with Crippen molar-refractivity contribution in [2.75, 3.05) is 11.1 Å². The van der Waals surface area contributed by atoms with Crippen LogP contribution in [0.3, 0.4) is 0 Å². The largest absolute Gasteiger partial charge is 0.323 e. The minimum Gasteiger partial charge on any atom is -0.323 e. The standard InChI is InChI=1S/C12H10F2N2OS2/c1-7-5-18-12(15-7)19-6-11(17)16-10-3-2-8(13)4-9(10)14/h2-5H,6H2,1H3,(H,16,17). The number of hydrogen-bond acceptors (Lipinski definition) is 4. The number of thiazole rings is 1. The molecule has 3 nitrogen and oxygen atoms in total. The third kappa shape index (κ3) is 4.00. The third-order valence-corrected chi connectivity index (χ3v) is 4.27. The van der Waals surface area contributed by atoms with E-state index in [2.05, 4.69) is 10.3 Å². The van der Waals surface area contributed by atoms with Gasteiger partial charge in [0.1, 0.15) is 11.6 Å². The van der Waals surface area contributed by atoms with Crippen molar-refractivity contribution < 1.29 is 13.6 Å². The van der Waals surface area contributed by atoms with Gasteiger partial charge in [-0.25, -0.2) is 13.8 Å². The van der Waals surface area contributed by atoms with Gasteiger partial charge in [-0.2, -0.15) is 0 Å². The lowest BCUT2D eigenvalue weighted by molar-refractivity contribution is -0.113. The Balaban J connectivity index is 1.90. The number of aryl methyl sites for hydroxylation is 1. The fourth-order valence-electron chi connectivity index (χ4n) is 1.30. The Labute approximate surface area is 117 Å². The Morgan fingerprint density at radius 1 is 1.47 bits per heavy atom. The molecule has 1 aromatic carbocycles. The second-order valence-corrected chi connectivity index (χ2v) is 5.80. The monoisotopic (exact) mass is 300 g/mol. The molecule has 2 rings (SSSR count). The molecule has 100 valence electrons. The second-order valence-electron chi connectivity index (χ2n) is 3.72. The maximum atomic E-state index is 13.3. The van der Waals surface area contributed by atoms with Crippen LogP contribution in [0.2, 0.25) is 0 Å². The van der Waals surface area contributed by atoms with Crippen LogP contribution < -0.4 is 5.32 Å². The van der Waals surface area contributed by atoms with E-state index in [0.29, 0.717) is 0 Å². The Hall–Kier alpha value is -1.47. The molecule has 1 heterocycles. The highest BCUT2D eigenvalue weighted by Crippen LogP contribution is 2.22. The average Bonchev–Trinajstić information content (AvgIpc) is 2.76. The molecule has 0 saturated heterocycles. The smallest absolute Gasteiger partial charge is 0.234 e. The van der Waals surface area contributed by atoms with E-state index < -0.39 is 11.6 Å². The topological polar surface area (TPSA) is 42.0 Å². The highest BCUT2D eigenvalue weighted by atomic mass is 32.2. The van der Waals surface area contributed by atoms with Crippen molar-refractivity contribution in [2.24, 2.45) is 0 Å². The Morgan fingerprint density at radius 3 is 2.89 bits per heavy atom. The zero-order chi connectivity index (χ0) is 13.8. The molecule has 0 radical (unpaired) electrons. The van der Waals surface area contributed by atoms with Crippen LogP contribution in [0.5, 0.6) is 0 Å². The van der Waals surface area contributed by atoms with Gasteiger partial charge in [0.2, 0.25) is 5.91 Å².